The topological polar surface area (TPSA) is 54.3 Å². The Morgan fingerprint density at radius 2 is 2.05 bits per heavy atom. The van der Waals surface area contributed by atoms with E-state index in [1.807, 2.05) is 13.8 Å². The third-order valence-electron chi connectivity index (χ3n) is 3.77. The van der Waals surface area contributed by atoms with Crippen LogP contribution >= 0.6 is 0 Å². The lowest BCUT2D eigenvalue weighted by molar-refractivity contribution is -0.120. The van der Waals surface area contributed by atoms with Crippen LogP contribution in [0.15, 0.2) is 18.3 Å². The number of urea groups is 1. The number of nitrogens with one attached hydrogen (secondary N) is 1. The summed E-state index contributed by atoms with van der Waals surface area (Å²) in [5.74, 6) is -2.07. The molecule has 2 aromatic rings. The fourth-order valence-electron chi connectivity index (χ4n) is 2.69. The van der Waals surface area contributed by atoms with Crippen molar-refractivity contribution < 1.29 is 19.8 Å². The molecule has 3 rings (SSSR count). The molecule has 5 nitrogen and oxygen atoms in total. The van der Waals surface area contributed by atoms with Crippen LogP contribution in [-0.4, -0.2) is 23.1 Å². The second-order valence-corrected chi connectivity index (χ2v) is 5.53. The number of hydrogen-bond acceptors (Lipinski definition) is 2. The molecule has 2 heterocycles. The summed E-state index contributed by atoms with van der Waals surface area (Å²) in [5.41, 5.74) is 0.0150. The molecule has 1 fully saturated rings. The second kappa shape index (κ2) is 5.08. The van der Waals surface area contributed by atoms with Crippen molar-refractivity contribution in [3.8, 4) is 0 Å². The number of amides is 3. The maximum atomic E-state index is 14.7. The van der Waals surface area contributed by atoms with E-state index < -0.39 is 29.3 Å². The molecule has 0 spiro atoms. The third kappa shape index (κ3) is 2.13. The quantitative estimate of drug-likeness (QED) is 0.926. The van der Waals surface area contributed by atoms with E-state index >= 15 is 0 Å². The first kappa shape index (κ1) is 14.5. The van der Waals surface area contributed by atoms with Gasteiger partial charge in [-0.25, -0.2) is 13.6 Å². The number of benzene rings is 1. The zero-order valence-electron chi connectivity index (χ0n) is 12.2. The van der Waals surface area contributed by atoms with E-state index in [1.165, 1.54) is 6.07 Å². The van der Waals surface area contributed by atoms with Crippen molar-refractivity contribution >= 4 is 28.5 Å². The van der Waals surface area contributed by atoms with Gasteiger partial charge in [-0.3, -0.25) is 15.0 Å². The molecule has 1 aliphatic rings. The Labute approximate surface area is 127 Å². The molecule has 0 atom stereocenters. The van der Waals surface area contributed by atoms with Crippen LogP contribution in [0.1, 0.15) is 27.7 Å². The monoisotopic (exact) mass is 309 g/mol. The van der Waals surface area contributed by atoms with Crippen molar-refractivity contribution in [1.82, 2.24) is 9.88 Å². The lowest BCUT2D eigenvalue weighted by atomic mass is 10.1. The Morgan fingerprint density at radius 3 is 2.68 bits per heavy atom. The molecule has 0 saturated carbocycles. The van der Waals surface area contributed by atoms with Crippen molar-refractivity contribution in [2.24, 2.45) is 0 Å². The number of anilines is 1. The molecular weight excluding hydrogens is 292 g/mol. The molecule has 1 N–H and O–H groups in total. The molecule has 0 radical (unpaired) electrons. The summed E-state index contributed by atoms with van der Waals surface area (Å²) in [5, 5.41) is 2.31. The fraction of sp³-hybridized carbons (Fsp3) is 0.333. The van der Waals surface area contributed by atoms with Crippen molar-refractivity contribution in [3.63, 3.8) is 0 Å². The van der Waals surface area contributed by atoms with Gasteiger partial charge in [0.15, 0.2) is 11.6 Å². The maximum Gasteiger partial charge on any atom is 0.328 e. The Hall–Kier alpha value is -2.44. The first-order valence-corrected chi connectivity index (χ1v) is 7.00. The highest BCUT2D eigenvalue weighted by molar-refractivity contribution is 6.06. The first-order valence-electron chi connectivity index (χ1n) is 7.00. The van der Waals surface area contributed by atoms with Gasteiger partial charge in [0.1, 0.15) is 5.69 Å². The number of nitrogens with zero attached hydrogens (tertiary/aromatic N) is 2. The van der Waals surface area contributed by atoms with E-state index in [4.69, 9.17) is 0 Å². The lowest BCUT2D eigenvalue weighted by Gasteiger charge is -2.27. The van der Waals surface area contributed by atoms with Crippen LogP contribution in [-0.2, 0) is 4.79 Å². The normalized spacial score (nSPS) is 15.8. The van der Waals surface area contributed by atoms with Crippen LogP contribution < -0.4 is 10.2 Å². The summed E-state index contributed by atoms with van der Waals surface area (Å²) in [4.78, 5) is 23.9. The molecule has 118 valence electrons. The van der Waals surface area contributed by atoms with E-state index in [2.05, 4.69) is 5.32 Å². The van der Waals surface area contributed by atoms with Crippen LogP contribution in [0.2, 0.25) is 0 Å². The Morgan fingerprint density at radius 1 is 1.32 bits per heavy atom. The van der Waals surface area contributed by atoms with Crippen LogP contribution in [0.5, 0.6) is 0 Å². The summed E-state index contributed by atoms with van der Waals surface area (Å²) in [6, 6.07) is 2.02. The number of carbonyl (C=O) groups is 2. The molecule has 1 aliphatic heterocycles. The predicted octanol–water partition coefficient (Wildman–Crippen LogP) is 3.19. The van der Waals surface area contributed by atoms with Crippen molar-refractivity contribution in [1.29, 1.82) is 0 Å². The van der Waals surface area contributed by atoms with Gasteiger partial charge < -0.3 is 4.57 Å². The van der Waals surface area contributed by atoms with Gasteiger partial charge in [-0.15, -0.1) is 0 Å². The zero-order chi connectivity index (χ0) is 16.0. The van der Waals surface area contributed by atoms with E-state index in [0.717, 1.165) is 4.90 Å². The molecule has 22 heavy (non-hydrogen) atoms. The predicted molar refractivity (Wildman–Crippen MR) is 79.9 cm³/mol. The average Bonchev–Trinajstić information content (AvgIpc) is 2.85. The SMILES string of the molecule is CC(C)n1ccc2c(F)c(N3CCC(=O)NC3=O)c(F)cc21.[HH]. The summed E-state index contributed by atoms with van der Waals surface area (Å²) < 4.78 is 30.9. The number of aromatic nitrogens is 1. The van der Waals surface area contributed by atoms with Gasteiger partial charge in [0.25, 0.3) is 0 Å². The second-order valence-electron chi connectivity index (χ2n) is 5.53. The van der Waals surface area contributed by atoms with Gasteiger partial charge in [-0.2, -0.15) is 0 Å². The Bertz CT molecular complexity index is 789. The number of halogens is 2. The first-order chi connectivity index (χ1) is 10.4. The van der Waals surface area contributed by atoms with Gasteiger partial charge >= 0.3 is 6.03 Å². The highest BCUT2D eigenvalue weighted by Crippen LogP contribution is 2.33. The number of rotatable bonds is 2. The maximum absolute atomic E-state index is 14.7. The zero-order valence-corrected chi connectivity index (χ0v) is 12.2. The number of carbonyl (C=O) groups excluding carboxylic acids is 2. The smallest absolute Gasteiger partial charge is 0.328 e. The summed E-state index contributed by atoms with van der Waals surface area (Å²) in [7, 11) is 0. The van der Waals surface area contributed by atoms with Gasteiger partial charge in [0.2, 0.25) is 5.91 Å². The Balaban J connectivity index is 0.00000192. The van der Waals surface area contributed by atoms with Crippen molar-refractivity contribution in [2.45, 2.75) is 26.3 Å². The molecule has 0 unspecified atom stereocenters. The van der Waals surface area contributed by atoms with Crippen LogP contribution in [0.25, 0.3) is 10.9 Å². The lowest BCUT2D eigenvalue weighted by Crippen LogP contribution is -2.50. The molecular formula is C15H17F2N3O2. The van der Waals surface area contributed by atoms with E-state index in [0.29, 0.717) is 5.52 Å². The number of hydrogen-bond donors (Lipinski definition) is 1. The molecule has 0 bridgehead atoms. The number of fused-ring (bicyclic) bond motifs is 1. The molecule has 1 aromatic carbocycles. The van der Waals surface area contributed by atoms with E-state index in [1.54, 1.807) is 16.8 Å². The van der Waals surface area contributed by atoms with Crippen LogP contribution in [0, 0.1) is 11.6 Å². The molecule has 1 saturated heterocycles. The van der Waals surface area contributed by atoms with Crippen LogP contribution in [0.3, 0.4) is 0 Å². The van der Waals surface area contributed by atoms with Crippen molar-refractivity contribution in [2.75, 3.05) is 11.4 Å². The highest BCUT2D eigenvalue weighted by Gasteiger charge is 2.30. The highest BCUT2D eigenvalue weighted by atomic mass is 19.1. The molecule has 3 amide bonds. The molecule has 1 aromatic heterocycles. The van der Waals surface area contributed by atoms with Gasteiger partial charge in [0.05, 0.1) is 5.52 Å². The van der Waals surface area contributed by atoms with Gasteiger partial charge in [-0.1, -0.05) is 0 Å². The largest absolute Gasteiger partial charge is 0.345 e. The van der Waals surface area contributed by atoms with Gasteiger partial charge in [-0.05, 0) is 19.9 Å². The van der Waals surface area contributed by atoms with Crippen LogP contribution in [0.4, 0.5) is 19.3 Å². The Kier molecular flexibility index (Phi) is 3.35. The van der Waals surface area contributed by atoms with E-state index in [-0.39, 0.29) is 25.8 Å². The summed E-state index contributed by atoms with van der Waals surface area (Å²) >= 11 is 0. The molecule has 0 aliphatic carbocycles. The summed E-state index contributed by atoms with van der Waals surface area (Å²) in [6.07, 6.45) is 1.69. The minimum Gasteiger partial charge on any atom is -0.345 e. The third-order valence-corrected chi connectivity index (χ3v) is 3.77. The average molecular weight is 309 g/mol. The van der Waals surface area contributed by atoms with Gasteiger partial charge in [0, 0.05) is 38.1 Å². The minimum atomic E-state index is -0.824. The number of imide groups is 1. The van der Waals surface area contributed by atoms with E-state index in [9.17, 15) is 18.4 Å². The van der Waals surface area contributed by atoms with Crippen molar-refractivity contribution in [3.05, 3.63) is 30.0 Å². The standard InChI is InChI=1S/C15H15F2N3O2.H2/c1-8(2)19-5-3-9-11(19)7-10(16)14(13(9)17)20-6-4-12(21)18-15(20)22;/h3,5,7-8H,4,6H2,1-2H3,(H,18,21,22);1H. The fourth-order valence-corrected chi connectivity index (χ4v) is 2.69. The minimum absolute atomic E-state index is 0. The molecule has 7 heteroatoms. The summed E-state index contributed by atoms with van der Waals surface area (Å²) in [6.45, 7) is 3.77.